The van der Waals surface area contributed by atoms with E-state index in [1.807, 2.05) is 48.5 Å². The second kappa shape index (κ2) is 8.78. The topological polar surface area (TPSA) is 90.7 Å². The summed E-state index contributed by atoms with van der Waals surface area (Å²) in [5.74, 6) is -1.15. The van der Waals surface area contributed by atoms with Crippen LogP contribution in [0.3, 0.4) is 0 Å². The zero-order chi connectivity index (χ0) is 23.7. The van der Waals surface area contributed by atoms with Gasteiger partial charge in [-0.1, -0.05) is 48.5 Å². The summed E-state index contributed by atoms with van der Waals surface area (Å²) < 4.78 is 25.9. The van der Waals surface area contributed by atoms with Gasteiger partial charge in [-0.2, -0.15) is 0 Å². The Hall–Kier alpha value is -3.94. The van der Waals surface area contributed by atoms with Crippen LogP contribution in [0.4, 0.5) is 15.8 Å². The zero-order valence-electron chi connectivity index (χ0n) is 18.3. The van der Waals surface area contributed by atoms with Crippen LogP contribution < -0.4 is 10.1 Å². The highest BCUT2D eigenvalue weighted by molar-refractivity contribution is 5.94. The van der Waals surface area contributed by atoms with Crippen molar-refractivity contribution < 1.29 is 23.6 Å². The predicted molar refractivity (Wildman–Crippen MR) is 123 cm³/mol. The number of nitrogens with one attached hydrogen (secondary N) is 1. The molecule has 1 spiro atoms. The van der Waals surface area contributed by atoms with Crippen LogP contribution in [0, 0.1) is 15.9 Å². The molecular weight excluding hydrogens is 439 g/mol. The third-order valence-corrected chi connectivity index (χ3v) is 6.56. The normalized spacial score (nSPS) is 21.1. The van der Waals surface area contributed by atoms with Gasteiger partial charge in [0, 0.05) is 17.7 Å². The first kappa shape index (κ1) is 21.9. The van der Waals surface area contributed by atoms with Crippen molar-refractivity contribution in [3.05, 3.63) is 99.4 Å². The van der Waals surface area contributed by atoms with Crippen LogP contribution in [0.2, 0.25) is 0 Å². The Morgan fingerprint density at radius 2 is 1.79 bits per heavy atom. The van der Waals surface area contributed by atoms with E-state index < -0.39 is 16.3 Å². The number of ether oxygens (including phenoxy) is 2. The minimum atomic E-state index is -0.787. The molecule has 0 unspecified atom stereocenters. The molecule has 34 heavy (non-hydrogen) atoms. The highest BCUT2D eigenvalue weighted by Crippen LogP contribution is 2.47. The van der Waals surface area contributed by atoms with Gasteiger partial charge in [0.1, 0.15) is 17.9 Å². The number of fused-ring (bicyclic) bond motifs is 2. The third kappa shape index (κ3) is 4.07. The first-order chi connectivity index (χ1) is 16.4. The summed E-state index contributed by atoms with van der Waals surface area (Å²) >= 11 is 0. The van der Waals surface area contributed by atoms with E-state index in [-0.39, 0.29) is 35.7 Å². The molecule has 0 saturated heterocycles. The van der Waals surface area contributed by atoms with Gasteiger partial charge in [-0.15, -0.1) is 0 Å². The summed E-state index contributed by atoms with van der Waals surface area (Å²) in [6, 6.07) is 18.9. The minimum absolute atomic E-state index is 0.0529. The van der Waals surface area contributed by atoms with E-state index in [1.54, 1.807) is 6.07 Å². The number of carbonyl (C=O) groups is 1. The van der Waals surface area contributed by atoms with Gasteiger partial charge in [0.05, 0.1) is 16.6 Å². The number of rotatable bonds is 6. The SMILES string of the molecule is O=C1OC2(CCC(Nc3cc(OCc4ccccc4)c(F)cc3[N+](=O)[O-])CC2)c2ccccc21. The molecule has 1 N–H and O–H groups in total. The number of halogens is 1. The number of hydrogen-bond acceptors (Lipinski definition) is 6. The van der Waals surface area contributed by atoms with Crippen molar-refractivity contribution in [3.63, 3.8) is 0 Å². The average Bonchev–Trinajstić information content (AvgIpc) is 3.12. The van der Waals surface area contributed by atoms with Crippen molar-refractivity contribution in [2.45, 2.75) is 43.9 Å². The van der Waals surface area contributed by atoms with Crippen molar-refractivity contribution in [1.82, 2.24) is 0 Å². The summed E-state index contributed by atoms with van der Waals surface area (Å²) in [5.41, 5.74) is 1.58. The maximum atomic E-state index is 14.5. The fourth-order valence-corrected chi connectivity index (χ4v) is 4.82. The molecule has 1 saturated carbocycles. The van der Waals surface area contributed by atoms with Gasteiger partial charge in [-0.05, 0) is 37.3 Å². The molecule has 5 rings (SSSR count). The molecule has 0 aromatic heterocycles. The van der Waals surface area contributed by atoms with Gasteiger partial charge in [-0.25, -0.2) is 9.18 Å². The Kier molecular flexibility index (Phi) is 5.65. The van der Waals surface area contributed by atoms with Gasteiger partial charge in [-0.3, -0.25) is 10.1 Å². The molecule has 7 nitrogen and oxygen atoms in total. The number of esters is 1. The van der Waals surface area contributed by atoms with Crippen LogP contribution >= 0.6 is 0 Å². The predicted octanol–water partition coefficient (Wildman–Crippen LogP) is 5.73. The highest BCUT2D eigenvalue weighted by atomic mass is 19.1. The molecule has 1 fully saturated rings. The van der Waals surface area contributed by atoms with E-state index in [1.165, 1.54) is 6.07 Å². The largest absolute Gasteiger partial charge is 0.486 e. The molecule has 0 radical (unpaired) electrons. The van der Waals surface area contributed by atoms with Crippen molar-refractivity contribution in [2.75, 3.05) is 5.32 Å². The summed E-state index contributed by atoms with van der Waals surface area (Å²) in [4.78, 5) is 23.3. The molecule has 8 heteroatoms. The molecule has 1 aliphatic heterocycles. The lowest BCUT2D eigenvalue weighted by Gasteiger charge is -2.37. The molecule has 3 aromatic rings. The fourth-order valence-electron chi connectivity index (χ4n) is 4.82. The minimum Gasteiger partial charge on any atom is -0.486 e. The number of nitro benzene ring substituents is 1. The first-order valence-corrected chi connectivity index (χ1v) is 11.2. The van der Waals surface area contributed by atoms with Crippen molar-refractivity contribution in [2.24, 2.45) is 0 Å². The van der Waals surface area contributed by atoms with Crippen LogP contribution in [0.5, 0.6) is 5.75 Å². The van der Waals surface area contributed by atoms with E-state index in [2.05, 4.69) is 5.32 Å². The Bertz CT molecular complexity index is 1240. The highest BCUT2D eigenvalue weighted by Gasteiger charge is 2.47. The van der Waals surface area contributed by atoms with Crippen molar-refractivity contribution >= 4 is 17.3 Å². The molecule has 1 heterocycles. The Morgan fingerprint density at radius 3 is 2.53 bits per heavy atom. The van der Waals surface area contributed by atoms with Crippen LogP contribution in [-0.4, -0.2) is 16.9 Å². The van der Waals surface area contributed by atoms with Crippen LogP contribution in [0.25, 0.3) is 0 Å². The molecule has 0 atom stereocenters. The van der Waals surface area contributed by atoms with Gasteiger partial charge >= 0.3 is 5.97 Å². The van der Waals surface area contributed by atoms with Crippen molar-refractivity contribution in [3.8, 4) is 5.75 Å². The fraction of sp³-hybridized carbons (Fsp3) is 0.269. The zero-order valence-corrected chi connectivity index (χ0v) is 18.3. The first-order valence-electron chi connectivity index (χ1n) is 11.2. The lowest BCUT2D eigenvalue weighted by Crippen LogP contribution is -2.36. The number of nitro groups is 1. The Morgan fingerprint density at radius 1 is 1.09 bits per heavy atom. The molecule has 2 aliphatic rings. The molecule has 3 aromatic carbocycles. The smallest absolute Gasteiger partial charge is 0.339 e. The summed E-state index contributed by atoms with van der Waals surface area (Å²) in [6.45, 7) is 0.145. The molecule has 174 valence electrons. The molecule has 1 aliphatic carbocycles. The number of anilines is 1. The Labute approximate surface area is 195 Å². The average molecular weight is 462 g/mol. The van der Waals surface area contributed by atoms with E-state index >= 15 is 0 Å². The second-order valence-corrected chi connectivity index (χ2v) is 8.68. The number of carbonyl (C=O) groups excluding carboxylic acids is 1. The van der Waals surface area contributed by atoms with Crippen LogP contribution in [0.15, 0.2) is 66.7 Å². The maximum Gasteiger partial charge on any atom is 0.339 e. The summed E-state index contributed by atoms with van der Waals surface area (Å²) in [6.07, 6.45) is 2.46. The van der Waals surface area contributed by atoms with Crippen LogP contribution in [-0.2, 0) is 16.9 Å². The molecular formula is C26H23FN2O5. The van der Waals surface area contributed by atoms with E-state index in [0.717, 1.165) is 17.2 Å². The van der Waals surface area contributed by atoms with E-state index in [9.17, 15) is 19.3 Å². The van der Waals surface area contributed by atoms with Crippen molar-refractivity contribution in [1.29, 1.82) is 0 Å². The quantitative estimate of drug-likeness (QED) is 0.286. The Balaban J connectivity index is 1.32. The van der Waals surface area contributed by atoms with Gasteiger partial charge < -0.3 is 14.8 Å². The number of benzene rings is 3. The summed E-state index contributed by atoms with van der Waals surface area (Å²) in [5, 5.41) is 14.8. The summed E-state index contributed by atoms with van der Waals surface area (Å²) in [7, 11) is 0. The van der Waals surface area contributed by atoms with E-state index in [4.69, 9.17) is 9.47 Å². The maximum absolute atomic E-state index is 14.5. The second-order valence-electron chi connectivity index (χ2n) is 8.68. The lowest BCUT2D eigenvalue weighted by atomic mass is 9.77. The number of hydrogen-bond donors (Lipinski definition) is 1. The third-order valence-electron chi connectivity index (χ3n) is 6.56. The standard InChI is InChI=1S/C26H23FN2O5/c27-21-14-23(29(31)32)22(15-24(21)33-16-17-6-2-1-3-7-17)28-18-10-12-26(13-11-18)20-9-5-4-8-19(20)25(30)34-26/h1-9,14-15,18,28H,10-13,16H2. The molecule has 0 amide bonds. The monoisotopic (exact) mass is 462 g/mol. The van der Waals surface area contributed by atoms with Gasteiger partial charge in [0.15, 0.2) is 11.6 Å². The van der Waals surface area contributed by atoms with Gasteiger partial charge in [0.25, 0.3) is 5.69 Å². The number of nitrogens with zero attached hydrogens (tertiary/aromatic N) is 1. The van der Waals surface area contributed by atoms with E-state index in [0.29, 0.717) is 31.2 Å². The molecule has 0 bridgehead atoms. The lowest BCUT2D eigenvalue weighted by molar-refractivity contribution is -0.384. The van der Waals surface area contributed by atoms with Gasteiger partial charge in [0.2, 0.25) is 0 Å². The van der Waals surface area contributed by atoms with Crippen LogP contribution in [0.1, 0.15) is 47.2 Å².